The van der Waals surface area contributed by atoms with Gasteiger partial charge in [-0.1, -0.05) is 48.0 Å². The highest BCUT2D eigenvalue weighted by Crippen LogP contribution is 2.36. The van der Waals surface area contributed by atoms with Gasteiger partial charge in [0.25, 0.3) is 11.8 Å². The van der Waals surface area contributed by atoms with Gasteiger partial charge in [0.1, 0.15) is 17.2 Å². The Hall–Kier alpha value is -3.77. The second kappa shape index (κ2) is 9.79. The number of nitrogens with one attached hydrogen (secondary N) is 1. The van der Waals surface area contributed by atoms with Crippen LogP contribution in [-0.4, -0.2) is 30.4 Å². The highest BCUT2D eigenvalue weighted by atomic mass is 35.5. The van der Waals surface area contributed by atoms with Crippen molar-refractivity contribution >= 4 is 34.7 Å². The van der Waals surface area contributed by atoms with Gasteiger partial charge in [0.2, 0.25) is 0 Å². The molecule has 7 heteroatoms. The number of amides is 2. The summed E-state index contributed by atoms with van der Waals surface area (Å²) >= 11 is 6.30. The first kappa shape index (κ1) is 22.4. The third-order valence-electron chi connectivity index (χ3n) is 5.27. The van der Waals surface area contributed by atoms with Crippen LogP contribution in [0.15, 0.2) is 78.5 Å². The Morgan fingerprint density at radius 3 is 2.30 bits per heavy atom. The summed E-state index contributed by atoms with van der Waals surface area (Å²) in [7, 11) is 1.53. The van der Waals surface area contributed by atoms with Crippen molar-refractivity contribution < 1.29 is 19.1 Å². The Morgan fingerprint density at radius 2 is 1.61 bits per heavy atom. The summed E-state index contributed by atoms with van der Waals surface area (Å²) in [5, 5.41) is 3.63. The molecule has 2 amide bonds. The van der Waals surface area contributed by atoms with Crippen LogP contribution >= 0.6 is 11.6 Å². The lowest BCUT2D eigenvalue weighted by molar-refractivity contribution is -0.137. The van der Waals surface area contributed by atoms with Gasteiger partial charge in [0.15, 0.2) is 0 Å². The number of para-hydroxylation sites is 1. The molecule has 0 fully saturated rings. The van der Waals surface area contributed by atoms with E-state index >= 15 is 0 Å². The van der Waals surface area contributed by atoms with Gasteiger partial charge in [0, 0.05) is 16.3 Å². The smallest absolute Gasteiger partial charge is 0.278 e. The first-order chi connectivity index (χ1) is 16.0. The molecule has 0 atom stereocenters. The first-order valence-electron chi connectivity index (χ1n) is 10.5. The fourth-order valence-electron chi connectivity index (χ4n) is 3.68. The predicted molar refractivity (Wildman–Crippen MR) is 128 cm³/mol. The van der Waals surface area contributed by atoms with Gasteiger partial charge in [-0.15, -0.1) is 0 Å². The maximum atomic E-state index is 13.5. The minimum Gasteiger partial charge on any atom is -0.496 e. The zero-order valence-corrected chi connectivity index (χ0v) is 19.1. The topological polar surface area (TPSA) is 67.9 Å². The minimum atomic E-state index is -0.435. The molecule has 1 N–H and O–H groups in total. The van der Waals surface area contributed by atoms with Crippen LogP contribution in [0, 0.1) is 0 Å². The largest absolute Gasteiger partial charge is 0.496 e. The van der Waals surface area contributed by atoms with E-state index in [0.717, 1.165) is 5.75 Å². The fraction of sp³-hybridized carbons (Fsp3) is 0.154. The lowest BCUT2D eigenvalue weighted by Crippen LogP contribution is -2.32. The van der Waals surface area contributed by atoms with Gasteiger partial charge in [-0.05, 0) is 48.9 Å². The molecule has 3 aromatic carbocycles. The van der Waals surface area contributed by atoms with Crippen LogP contribution in [0.25, 0.3) is 5.57 Å². The van der Waals surface area contributed by atoms with E-state index in [4.69, 9.17) is 21.1 Å². The van der Waals surface area contributed by atoms with Crippen molar-refractivity contribution in [3.8, 4) is 11.5 Å². The molecule has 1 heterocycles. The summed E-state index contributed by atoms with van der Waals surface area (Å²) in [6.07, 6.45) is 0. The van der Waals surface area contributed by atoms with E-state index in [1.807, 2.05) is 19.1 Å². The molecular formula is C26H23ClN2O4. The third kappa shape index (κ3) is 4.56. The average molecular weight is 463 g/mol. The Morgan fingerprint density at radius 1 is 0.909 bits per heavy atom. The van der Waals surface area contributed by atoms with Gasteiger partial charge in [0.05, 0.1) is 25.8 Å². The first-order valence-corrected chi connectivity index (χ1v) is 10.9. The van der Waals surface area contributed by atoms with Gasteiger partial charge in [-0.2, -0.15) is 0 Å². The Kier molecular flexibility index (Phi) is 6.66. The molecule has 4 rings (SSSR count). The molecule has 0 aromatic heterocycles. The Balaban J connectivity index is 1.75. The Labute approximate surface area is 197 Å². The summed E-state index contributed by atoms with van der Waals surface area (Å²) in [5.74, 6) is 0.364. The van der Waals surface area contributed by atoms with Gasteiger partial charge >= 0.3 is 0 Å². The van der Waals surface area contributed by atoms with Crippen LogP contribution in [-0.2, 0) is 16.1 Å². The second-order valence-electron chi connectivity index (χ2n) is 7.32. The van der Waals surface area contributed by atoms with Crippen molar-refractivity contribution in [2.24, 2.45) is 0 Å². The van der Waals surface area contributed by atoms with Gasteiger partial charge in [-0.25, -0.2) is 0 Å². The number of halogens is 1. The molecule has 3 aromatic rings. The lowest BCUT2D eigenvalue weighted by atomic mass is 10.0. The maximum Gasteiger partial charge on any atom is 0.278 e. The zero-order chi connectivity index (χ0) is 23.4. The maximum absolute atomic E-state index is 13.5. The predicted octanol–water partition coefficient (Wildman–Crippen LogP) is 5.14. The summed E-state index contributed by atoms with van der Waals surface area (Å²) in [5.41, 5.74) is 2.30. The molecular weight excluding hydrogens is 440 g/mol. The molecule has 168 valence electrons. The third-order valence-corrected chi connectivity index (χ3v) is 5.63. The molecule has 0 saturated heterocycles. The molecule has 33 heavy (non-hydrogen) atoms. The molecule has 1 aliphatic rings. The number of carbonyl (C=O) groups excluding carboxylic acids is 2. The van der Waals surface area contributed by atoms with Gasteiger partial charge < -0.3 is 14.8 Å². The summed E-state index contributed by atoms with van der Waals surface area (Å²) < 4.78 is 11.0. The van der Waals surface area contributed by atoms with Crippen LogP contribution < -0.4 is 14.8 Å². The molecule has 0 radical (unpaired) electrons. The van der Waals surface area contributed by atoms with Crippen molar-refractivity contribution in [1.82, 2.24) is 4.90 Å². The summed E-state index contributed by atoms with van der Waals surface area (Å²) in [4.78, 5) is 28.2. The number of ether oxygens (including phenoxy) is 2. The highest BCUT2D eigenvalue weighted by molar-refractivity contribution is 6.37. The summed E-state index contributed by atoms with van der Waals surface area (Å²) in [6.45, 7) is 2.53. The van der Waals surface area contributed by atoms with E-state index in [9.17, 15) is 9.59 Å². The quantitative estimate of drug-likeness (QED) is 0.469. The monoisotopic (exact) mass is 462 g/mol. The number of carbonyl (C=O) groups is 2. The summed E-state index contributed by atoms with van der Waals surface area (Å²) in [6, 6.07) is 21.5. The van der Waals surface area contributed by atoms with Crippen LogP contribution in [0.2, 0.25) is 5.02 Å². The SMILES string of the molecule is CCOc1ccc(NC2=C(c3ccccc3OC)C(=O)N(Cc3ccccc3Cl)C2=O)cc1. The zero-order valence-electron chi connectivity index (χ0n) is 18.3. The molecule has 1 aliphatic heterocycles. The Bertz CT molecular complexity index is 1220. The number of methoxy groups -OCH3 is 1. The molecule has 0 bridgehead atoms. The molecule has 0 unspecified atom stereocenters. The van der Waals surface area contributed by atoms with Crippen molar-refractivity contribution in [2.45, 2.75) is 13.5 Å². The van der Waals surface area contributed by atoms with E-state index in [0.29, 0.717) is 34.2 Å². The fourth-order valence-corrected chi connectivity index (χ4v) is 3.87. The normalized spacial score (nSPS) is 13.5. The van der Waals surface area contributed by atoms with E-state index in [-0.39, 0.29) is 17.8 Å². The number of imide groups is 1. The number of benzene rings is 3. The van der Waals surface area contributed by atoms with E-state index < -0.39 is 11.8 Å². The minimum absolute atomic E-state index is 0.0600. The van der Waals surface area contributed by atoms with Crippen LogP contribution in [0.1, 0.15) is 18.1 Å². The van der Waals surface area contributed by atoms with Crippen LogP contribution in [0.5, 0.6) is 11.5 Å². The molecule has 0 aliphatic carbocycles. The number of anilines is 1. The van der Waals surface area contributed by atoms with E-state index in [2.05, 4.69) is 5.32 Å². The number of hydrogen-bond donors (Lipinski definition) is 1. The number of nitrogens with zero attached hydrogens (tertiary/aromatic N) is 1. The lowest BCUT2D eigenvalue weighted by Gasteiger charge is -2.16. The number of rotatable bonds is 8. The van der Waals surface area contributed by atoms with Gasteiger partial charge in [-0.3, -0.25) is 14.5 Å². The molecule has 6 nitrogen and oxygen atoms in total. The average Bonchev–Trinajstić information content (AvgIpc) is 3.06. The molecule has 0 spiro atoms. The van der Waals surface area contributed by atoms with Crippen molar-refractivity contribution in [3.63, 3.8) is 0 Å². The van der Waals surface area contributed by atoms with Crippen molar-refractivity contribution in [3.05, 3.63) is 94.6 Å². The van der Waals surface area contributed by atoms with E-state index in [1.54, 1.807) is 60.7 Å². The second-order valence-corrected chi connectivity index (χ2v) is 7.73. The molecule has 0 saturated carbocycles. The van der Waals surface area contributed by atoms with Crippen LogP contribution in [0.4, 0.5) is 5.69 Å². The van der Waals surface area contributed by atoms with Crippen molar-refractivity contribution in [2.75, 3.05) is 19.0 Å². The van der Waals surface area contributed by atoms with Crippen molar-refractivity contribution in [1.29, 1.82) is 0 Å². The highest BCUT2D eigenvalue weighted by Gasteiger charge is 2.40. The number of hydrogen-bond acceptors (Lipinski definition) is 5. The van der Waals surface area contributed by atoms with E-state index in [1.165, 1.54) is 12.0 Å². The standard InChI is InChI=1S/C26H23ClN2O4/c1-3-33-19-14-12-18(13-15-19)28-24-23(20-9-5-7-11-22(20)32-2)25(30)29(26(24)31)16-17-8-4-6-10-21(17)27/h4-15,28H,3,16H2,1-2H3. The van der Waals surface area contributed by atoms with Crippen LogP contribution in [0.3, 0.4) is 0 Å².